The summed E-state index contributed by atoms with van der Waals surface area (Å²) in [6, 6.07) is 12.6. The van der Waals surface area contributed by atoms with Gasteiger partial charge in [0.1, 0.15) is 11.9 Å². The summed E-state index contributed by atoms with van der Waals surface area (Å²) in [6.45, 7) is 0. The molecule has 0 saturated carbocycles. The Labute approximate surface area is 122 Å². The standard InChI is InChI=1S/C15H10BrFOS/c16-14-10(5-3-6-12(14)17)15(18)11-8-19-13-7-2-1-4-9(11)13/h1-8,15,18H. The maximum atomic E-state index is 13.5. The van der Waals surface area contributed by atoms with E-state index in [4.69, 9.17) is 0 Å². The van der Waals surface area contributed by atoms with E-state index in [2.05, 4.69) is 15.9 Å². The van der Waals surface area contributed by atoms with Crippen molar-refractivity contribution in [3.8, 4) is 0 Å². The number of thiophene rings is 1. The molecule has 0 amide bonds. The van der Waals surface area contributed by atoms with Crippen LogP contribution in [0.3, 0.4) is 0 Å². The summed E-state index contributed by atoms with van der Waals surface area (Å²) >= 11 is 4.78. The highest BCUT2D eigenvalue weighted by atomic mass is 79.9. The molecular formula is C15H10BrFOS. The zero-order valence-corrected chi connectivity index (χ0v) is 12.2. The Hall–Kier alpha value is -1.23. The van der Waals surface area contributed by atoms with Crippen LogP contribution in [-0.2, 0) is 0 Å². The molecule has 19 heavy (non-hydrogen) atoms. The van der Waals surface area contributed by atoms with E-state index in [9.17, 15) is 9.50 Å². The zero-order chi connectivity index (χ0) is 13.4. The van der Waals surface area contributed by atoms with Crippen LogP contribution in [0, 0.1) is 5.82 Å². The predicted molar refractivity (Wildman–Crippen MR) is 80.0 cm³/mol. The van der Waals surface area contributed by atoms with Gasteiger partial charge in [-0.05, 0) is 38.8 Å². The van der Waals surface area contributed by atoms with Crippen LogP contribution in [0.15, 0.2) is 52.3 Å². The lowest BCUT2D eigenvalue weighted by atomic mass is 10.0. The molecule has 1 aromatic heterocycles. The van der Waals surface area contributed by atoms with Crippen molar-refractivity contribution < 1.29 is 9.50 Å². The van der Waals surface area contributed by atoms with Crippen molar-refractivity contribution in [1.29, 1.82) is 0 Å². The normalized spacial score (nSPS) is 12.8. The Morgan fingerprint density at radius 1 is 1.05 bits per heavy atom. The Balaban J connectivity index is 2.13. The fourth-order valence-electron chi connectivity index (χ4n) is 2.11. The third-order valence-electron chi connectivity index (χ3n) is 3.08. The van der Waals surface area contributed by atoms with Gasteiger partial charge in [-0.25, -0.2) is 4.39 Å². The van der Waals surface area contributed by atoms with Gasteiger partial charge in [-0.2, -0.15) is 0 Å². The number of halogens is 2. The molecule has 0 aliphatic heterocycles. The van der Waals surface area contributed by atoms with Gasteiger partial charge in [-0.3, -0.25) is 0 Å². The summed E-state index contributed by atoms with van der Waals surface area (Å²) < 4.78 is 15.0. The molecule has 1 atom stereocenters. The third-order valence-corrected chi connectivity index (χ3v) is 4.90. The lowest BCUT2D eigenvalue weighted by Gasteiger charge is -2.12. The van der Waals surface area contributed by atoms with Gasteiger partial charge in [-0.1, -0.05) is 30.3 Å². The fourth-order valence-corrected chi connectivity index (χ4v) is 3.57. The highest BCUT2D eigenvalue weighted by Crippen LogP contribution is 2.36. The third kappa shape index (κ3) is 2.20. The first-order valence-electron chi connectivity index (χ1n) is 5.76. The van der Waals surface area contributed by atoms with Crippen molar-refractivity contribution in [2.45, 2.75) is 6.10 Å². The molecule has 1 heterocycles. The molecule has 0 aliphatic carbocycles. The van der Waals surface area contributed by atoms with E-state index in [1.54, 1.807) is 23.5 Å². The molecule has 4 heteroatoms. The van der Waals surface area contributed by atoms with E-state index in [0.717, 1.165) is 15.6 Å². The monoisotopic (exact) mass is 336 g/mol. The van der Waals surface area contributed by atoms with E-state index in [1.165, 1.54) is 6.07 Å². The molecule has 3 rings (SSSR count). The highest BCUT2D eigenvalue weighted by molar-refractivity contribution is 9.10. The number of fused-ring (bicyclic) bond motifs is 1. The molecule has 0 bridgehead atoms. The summed E-state index contributed by atoms with van der Waals surface area (Å²) in [5.41, 5.74) is 1.36. The molecule has 0 saturated heterocycles. The van der Waals surface area contributed by atoms with Crippen LogP contribution >= 0.6 is 27.3 Å². The molecule has 1 nitrogen and oxygen atoms in total. The topological polar surface area (TPSA) is 20.2 Å². The number of rotatable bonds is 2. The number of aliphatic hydroxyl groups is 1. The van der Waals surface area contributed by atoms with E-state index in [1.807, 2.05) is 29.6 Å². The molecule has 0 spiro atoms. The van der Waals surface area contributed by atoms with Crippen molar-refractivity contribution in [2.24, 2.45) is 0 Å². The first-order chi connectivity index (χ1) is 9.18. The zero-order valence-electron chi connectivity index (χ0n) is 9.81. The van der Waals surface area contributed by atoms with Gasteiger partial charge in [0, 0.05) is 15.8 Å². The first kappa shape index (κ1) is 12.8. The van der Waals surface area contributed by atoms with Crippen LogP contribution in [0.4, 0.5) is 4.39 Å². The van der Waals surface area contributed by atoms with Crippen LogP contribution in [0.25, 0.3) is 10.1 Å². The largest absolute Gasteiger partial charge is 0.384 e. The maximum Gasteiger partial charge on any atom is 0.137 e. The van der Waals surface area contributed by atoms with E-state index in [0.29, 0.717) is 10.0 Å². The second kappa shape index (κ2) is 5.04. The summed E-state index contributed by atoms with van der Waals surface area (Å²) in [6.07, 6.45) is -0.832. The summed E-state index contributed by atoms with van der Waals surface area (Å²) in [4.78, 5) is 0. The number of aliphatic hydroxyl groups excluding tert-OH is 1. The Kier molecular flexibility index (Phi) is 3.39. The Morgan fingerprint density at radius 2 is 1.84 bits per heavy atom. The number of benzene rings is 2. The van der Waals surface area contributed by atoms with Crippen LogP contribution in [0.5, 0.6) is 0 Å². The second-order valence-corrected chi connectivity index (χ2v) is 5.94. The van der Waals surface area contributed by atoms with Gasteiger partial charge in [0.25, 0.3) is 0 Å². The van der Waals surface area contributed by atoms with Gasteiger partial charge < -0.3 is 5.11 Å². The first-order valence-corrected chi connectivity index (χ1v) is 7.44. The van der Waals surface area contributed by atoms with E-state index in [-0.39, 0.29) is 5.82 Å². The molecule has 2 aromatic carbocycles. The Morgan fingerprint density at radius 3 is 2.68 bits per heavy atom. The molecule has 0 fully saturated rings. The fraction of sp³-hybridized carbons (Fsp3) is 0.0667. The van der Waals surface area contributed by atoms with Crippen molar-refractivity contribution in [1.82, 2.24) is 0 Å². The van der Waals surface area contributed by atoms with Crippen LogP contribution in [0.2, 0.25) is 0 Å². The molecule has 1 N–H and O–H groups in total. The van der Waals surface area contributed by atoms with Crippen molar-refractivity contribution in [2.75, 3.05) is 0 Å². The minimum atomic E-state index is -0.832. The van der Waals surface area contributed by atoms with E-state index >= 15 is 0 Å². The second-order valence-electron chi connectivity index (χ2n) is 4.23. The SMILES string of the molecule is OC(c1cccc(F)c1Br)c1csc2ccccc12. The molecule has 3 aromatic rings. The van der Waals surface area contributed by atoms with Gasteiger partial charge in [0.2, 0.25) is 0 Å². The average molecular weight is 337 g/mol. The van der Waals surface area contributed by atoms with Crippen molar-refractivity contribution >= 4 is 37.4 Å². The van der Waals surface area contributed by atoms with E-state index < -0.39 is 6.10 Å². The number of hydrogen-bond acceptors (Lipinski definition) is 2. The lowest BCUT2D eigenvalue weighted by Crippen LogP contribution is -2.00. The minimum absolute atomic E-state index is 0.317. The average Bonchev–Trinajstić information content (AvgIpc) is 2.85. The minimum Gasteiger partial charge on any atom is -0.384 e. The molecule has 0 radical (unpaired) electrons. The molecule has 96 valence electrons. The van der Waals surface area contributed by atoms with Gasteiger partial charge in [0.05, 0.1) is 4.47 Å². The van der Waals surface area contributed by atoms with Gasteiger partial charge >= 0.3 is 0 Å². The number of hydrogen-bond donors (Lipinski definition) is 1. The predicted octanol–water partition coefficient (Wildman–Crippen LogP) is 4.88. The van der Waals surface area contributed by atoms with Crippen LogP contribution < -0.4 is 0 Å². The van der Waals surface area contributed by atoms with Gasteiger partial charge in [-0.15, -0.1) is 11.3 Å². The lowest BCUT2D eigenvalue weighted by molar-refractivity contribution is 0.221. The van der Waals surface area contributed by atoms with Crippen LogP contribution in [0.1, 0.15) is 17.2 Å². The smallest absolute Gasteiger partial charge is 0.137 e. The molecule has 0 aliphatic rings. The summed E-state index contributed by atoms with van der Waals surface area (Å²) in [7, 11) is 0. The summed E-state index contributed by atoms with van der Waals surface area (Å²) in [5, 5.41) is 13.4. The highest BCUT2D eigenvalue weighted by Gasteiger charge is 2.18. The molecular weight excluding hydrogens is 327 g/mol. The van der Waals surface area contributed by atoms with Crippen molar-refractivity contribution in [3.63, 3.8) is 0 Å². The maximum absolute atomic E-state index is 13.5. The van der Waals surface area contributed by atoms with Gasteiger partial charge in [0.15, 0.2) is 0 Å². The quantitative estimate of drug-likeness (QED) is 0.706. The molecule has 1 unspecified atom stereocenters. The summed E-state index contributed by atoms with van der Waals surface area (Å²) in [5.74, 6) is -0.365. The Bertz CT molecular complexity index is 738. The van der Waals surface area contributed by atoms with Crippen molar-refractivity contribution in [3.05, 3.63) is 69.3 Å². The van der Waals surface area contributed by atoms with Crippen LogP contribution in [-0.4, -0.2) is 5.11 Å².